The van der Waals surface area contributed by atoms with Crippen molar-refractivity contribution in [1.29, 1.82) is 0 Å². The van der Waals surface area contributed by atoms with E-state index in [2.05, 4.69) is 25.4 Å². The molecule has 1 aliphatic heterocycles. The molecule has 0 spiro atoms. The molecular formula is C20H19N5O. The fourth-order valence-electron chi connectivity index (χ4n) is 3.05. The average molecular weight is 345 g/mol. The molecule has 0 bridgehead atoms. The average Bonchev–Trinajstić information content (AvgIpc) is 3.24. The number of amides is 1. The summed E-state index contributed by atoms with van der Waals surface area (Å²) < 4.78 is 0. The predicted octanol–water partition coefficient (Wildman–Crippen LogP) is 3.39. The van der Waals surface area contributed by atoms with E-state index in [0.29, 0.717) is 11.3 Å². The summed E-state index contributed by atoms with van der Waals surface area (Å²) in [4.78, 5) is 18.5. The van der Waals surface area contributed by atoms with E-state index in [1.807, 2.05) is 36.4 Å². The molecule has 1 aromatic carbocycles. The molecule has 0 unspecified atom stereocenters. The van der Waals surface area contributed by atoms with E-state index in [0.717, 1.165) is 30.2 Å². The van der Waals surface area contributed by atoms with Gasteiger partial charge in [0, 0.05) is 36.7 Å². The number of nitrogens with zero attached hydrogens (tertiary/aromatic N) is 4. The maximum absolute atomic E-state index is 12.3. The quantitative estimate of drug-likeness (QED) is 0.785. The highest BCUT2D eigenvalue weighted by Crippen LogP contribution is 2.23. The number of pyridine rings is 1. The third-order valence-corrected chi connectivity index (χ3v) is 4.42. The zero-order chi connectivity index (χ0) is 17.8. The van der Waals surface area contributed by atoms with Crippen LogP contribution in [0.4, 0.5) is 11.5 Å². The summed E-state index contributed by atoms with van der Waals surface area (Å²) >= 11 is 0. The van der Waals surface area contributed by atoms with Crippen molar-refractivity contribution in [2.24, 2.45) is 0 Å². The lowest BCUT2D eigenvalue weighted by Crippen LogP contribution is -2.19. The van der Waals surface area contributed by atoms with Gasteiger partial charge >= 0.3 is 0 Å². The molecule has 0 aliphatic carbocycles. The van der Waals surface area contributed by atoms with Crippen LogP contribution in [0.1, 0.15) is 23.2 Å². The maximum atomic E-state index is 12.3. The number of anilines is 2. The number of hydrogen-bond donors (Lipinski definition) is 1. The van der Waals surface area contributed by atoms with Gasteiger partial charge in [-0.1, -0.05) is 12.1 Å². The SMILES string of the molecule is O=C(Nc1cccc(-c2ccc(N3CCCC3)nn2)c1)c1cccnc1. The van der Waals surface area contributed by atoms with E-state index in [-0.39, 0.29) is 5.91 Å². The van der Waals surface area contributed by atoms with Crippen LogP contribution >= 0.6 is 0 Å². The van der Waals surface area contributed by atoms with Gasteiger partial charge in [-0.2, -0.15) is 0 Å². The van der Waals surface area contributed by atoms with Gasteiger partial charge in [0.1, 0.15) is 0 Å². The van der Waals surface area contributed by atoms with Crippen LogP contribution in [0.5, 0.6) is 0 Å². The minimum absolute atomic E-state index is 0.189. The monoisotopic (exact) mass is 345 g/mol. The van der Waals surface area contributed by atoms with E-state index >= 15 is 0 Å². The third-order valence-electron chi connectivity index (χ3n) is 4.42. The largest absolute Gasteiger partial charge is 0.355 e. The van der Waals surface area contributed by atoms with Crippen LogP contribution in [0.3, 0.4) is 0 Å². The van der Waals surface area contributed by atoms with Crippen LogP contribution in [0.15, 0.2) is 60.9 Å². The smallest absolute Gasteiger partial charge is 0.257 e. The van der Waals surface area contributed by atoms with Gasteiger partial charge in [-0.05, 0) is 49.2 Å². The van der Waals surface area contributed by atoms with Gasteiger partial charge in [0.2, 0.25) is 0 Å². The van der Waals surface area contributed by atoms with Crippen molar-refractivity contribution in [3.05, 3.63) is 66.5 Å². The van der Waals surface area contributed by atoms with Crippen molar-refractivity contribution in [3.63, 3.8) is 0 Å². The second-order valence-electron chi connectivity index (χ2n) is 6.25. The van der Waals surface area contributed by atoms with Gasteiger partial charge in [-0.25, -0.2) is 0 Å². The Balaban J connectivity index is 1.51. The first-order valence-corrected chi connectivity index (χ1v) is 8.70. The molecule has 1 aliphatic rings. The standard InChI is InChI=1S/C20H19N5O/c26-20(16-6-4-10-21-14-16)22-17-7-3-5-15(13-17)18-8-9-19(24-23-18)25-11-1-2-12-25/h3-10,13-14H,1-2,11-12H2,(H,22,26). The first-order valence-electron chi connectivity index (χ1n) is 8.70. The fourth-order valence-corrected chi connectivity index (χ4v) is 3.05. The summed E-state index contributed by atoms with van der Waals surface area (Å²) in [5.74, 6) is 0.734. The highest BCUT2D eigenvalue weighted by atomic mass is 16.1. The van der Waals surface area contributed by atoms with Crippen LogP contribution in [-0.2, 0) is 0 Å². The summed E-state index contributed by atoms with van der Waals surface area (Å²) in [6.45, 7) is 2.09. The summed E-state index contributed by atoms with van der Waals surface area (Å²) in [6.07, 6.45) is 5.60. The van der Waals surface area contributed by atoms with E-state index in [1.165, 1.54) is 12.8 Å². The van der Waals surface area contributed by atoms with E-state index in [9.17, 15) is 4.79 Å². The minimum Gasteiger partial charge on any atom is -0.355 e. The van der Waals surface area contributed by atoms with Gasteiger partial charge in [-0.3, -0.25) is 9.78 Å². The maximum Gasteiger partial charge on any atom is 0.257 e. The van der Waals surface area contributed by atoms with Crippen LogP contribution in [0.2, 0.25) is 0 Å². The normalized spacial score (nSPS) is 13.6. The van der Waals surface area contributed by atoms with Crippen molar-refractivity contribution in [3.8, 4) is 11.3 Å². The summed E-state index contributed by atoms with van der Waals surface area (Å²) in [6, 6.07) is 15.1. The summed E-state index contributed by atoms with van der Waals surface area (Å²) in [5, 5.41) is 11.6. The molecule has 2 aromatic heterocycles. The van der Waals surface area contributed by atoms with Crippen LogP contribution in [0.25, 0.3) is 11.3 Å². The molecule has 1 saturated heterocycles. The van der Waals surface area contributed by atoms with Crippen molar-refractivity contribution >= 4 is 17.4 Å². The predicted molar refractivity (Wildman–Crippen MR) is 101 cm³/mol. The van der Waals surface area contributed by atoms with Gasteiger partial charge in [0.05, 0.1) is 11.3 Å². The molecule has 130 valence electrons. The molecule has 1 fully saturated rings. The van der Waals surface area contributed by atoms with E-state index in [1.54, 1.807) is 24.5 Å². The van der Waals surface area contributed by atoms with Crippen molar-refractivity contribution < 1.29 is 4.79 Å². The van der Waals surface area contributed by atoms with Crippen LogP contribution < -0.4 is 10.2 Å². The van der Waals surface area contributed by atoms with E-state index in [4.69, 9.17) is 0 Å². The lowest BCUT2D eigenvalue weighted by atomic mass is 10.1. The van der Waals surface area contributed by atoms with Crippen molar-refractivity contribution in [2.45, 2.75) is 12.8 Å². The summed E-state index contributed by atoms with van der Waals surface area (Å²) in [5.41, 5.74) is 2.93. The van der Waals surface area contributed by atoms with Crippen molar-refractivity contribution in [2.75, 3.05) is 23.3 Å². The van der Waals surface area contributed by atoms with Crippen LogP contribution in [-0.4, -0.2) is 34.2 Å². The highest BCUT2D eigenvalue weighted by molar-refractivity contribution is 6.04. The zero-order valence-corrected chi connectivity index (χ0v) is 14.3. The molecule has 4 rings (SSSR count). The molecule has 0 atom stereocenters. The van der Waals surface area contributed by atoms with Crippen LogP contribution in [0, 0.1) is 0 Å². The second-order valence-corrected chi connectivity index (χ2v) is 6.25. The number of nitrogens with one attached hydrogen (secondary N) is 1. The van der Waals surface area contributed by atoms with E-state index < -0.39 is 0 Å². The van der Waals surface area contributed by atoms with Gasteiger partial charge in [-0.15, -0.1) is 10.2 Å². The molecule has 1 N–H and O–H groups in total. The first kappa shape index (κ1) is 16.2. The zero-order valence-electron chi connectivity index (χ0n) is 14.3. The fraction of sp³-hybridized carbons (Fsp3) is 0.200. The number of carbonyl (C=O) groups is 1. The molecule has 1 amide bonds. The second kappa shape index (κ2) is 7.31. The first-order chi connectivity index (χ1) is 12.8. The van der Waals surface area contributed by atoms with Gasteiger partial charge in [0.15, 0.2) is 5.82 Å². The molecule has 3 aromatic rings. The molecule has 6 nitrogen and oxygen atoms in total. The summed E-state index contributed by atoms with van der Waals surface area (Å²) in [7, 11) is 0. The Labute approximate surface area is 151 Å². The Morgan fingerprint density at radius 1 is 1.00 bits per heavy atom. The highest BCUT2D eigenvalue weighted by Gasteiger charge is 2.14. The molecule has 0 saturated carbocycles. The molecule has 6 heteroatoms. The Morgan fingerprint density at radius 3 is 2.62 bits per heavy atom. The number of carbonyl (C=O) groups excluding carboxylic acids is 1. The molecule has 0 radical (unpaired) electrons. The Morgan fingerprint density at radius 2 is 1.88 bits per heavy atom. The van der Waals surface area contributed by atoms with Gasteiger partial charge < -0.3 is 10.2 Å². The molecule has 26 heavy (non-hydrogen) atoms. The molecule has 3 heterocycles. The van der Waals surface area contributed by atoms with Gasteiger partial charge in [0.25, 0.3) is 5.91 Å². The Kier molecular flexibility index (Phi) is 4.55. The topological polar surface area (TPSA) is 71.0 Å². The minimum atomic E-state index is -0.189. The lowest BCUT2D eigenvalue weighted by Gasteiger charge is -2.15. The Hall–Kier alpha value is -3.28. The number of hydrogen-bond acceptors (Lipinski definition) is 5. The third kappa shape index (κ3) is 3.54. The molecular weight excluding hydrogens is 326 g/mol. The van der Waals surface area contributed by atoms with Crippen molar-refractivity contribution in [1.82, 2.24) is 15.2 Å². The lowest BCUT2D eigenvalue weighted by molar-refractivity contribution is 0.102. The number of aromatic nitrogens is 3. The number of benzene rings is 1. The Bertz CT molecular complexity index is 890. The number of rotatable bonds is 4.